The van der Waals surface area contributed by atoms with Gasteiger partial charge in [-0.2, -0.15) is 0 Å². The molecule has 1 unspecified atom stereocenters. The summed E-state index contributed by atoms with van der Waals surface area (Å²) in [6.45, 7) is 3.41. The van der Waals surface area contributed by atoms with Gasteiger partial charge in [0.25, 0.3) is 0 Å². The molecule has 0 aliphatic rings. The van der Waals surface area contributed by atoms with E-state index in [0.29, 0.717) is 0 Å². The van der Waals surface area contributed by atoms with Crippen LogP contribution in [-0.2, 0) is 9.53 Å². The lowest BCUT2D eigenvalue weighted by Crippen LogP contribution is -2.26. The lowest BCUT2D eigenvalue weighted by atomic mass is 10.3. The maximum absolute atomic E-state index is 11.4. The highest BCUT2D eigenvalue weighted by Gasteiger charge is 2.25. The first-order chi connectivity index (χ1) is 8.90. The molecule has 0 heterocycles. The number of hydrogen-bond donors (Lipinski definition) is 0. The second kappa shape index (κ2) is 6.53. The van der Waals surface area contributed by atoms with Crippen molar-refractivity contribution in [3.05, 3.63) is 44.4 Å². The van der Waals surface area contributed by atoms with Crippen molar-refractivity contribution in [2.75, 3.05) is 7.11 Å². The van der Waals surface area contributed by atoms with Gasteiger partial charge in [-0.05, 0) is 28.1 Å². The van der Waals surface area contributed by atoms with Gasteiger partial charge in [-0.1, -0.05) is 18.2 Å². The molecule has 102 valence electrons. The molecule has 0 radical (unpaired) electrons. The molecule has 0 amide bonds. The zero-order valence-corrected chi connectivity index (χ0v) is 12.1. The number of methoxy groups -OCH3 is 1. The van der Waals surface area contributed by atoms with E-state index >= 15 is 0 Å². The summed E-state index contributed by atoms with van der Waals surface area (Å²) in [5.41, 5.74) is -0.366. The van der Waals surface area contributed by atoms with Crippen molar-refractivity contribution in [2.45, 2.75) is 6.10 Å². The number of halogens is 2. The zero-order valence-electron chi connectivity index (χ0n) is 9.76. The van der Waals surface area contributed by atoms with E-state index in [2.05, 4.69) is 27.2 Å². The Labute approximate surface area is 122 Å². The summed E-state index contributed by atoms with van der Waals surface area (Å²) < 4.78 is 10.0. The van der Waals surface area contributed by atoms with Crippen LogP contribution in [0.15, 0.2) is 29.3 Å². The monoisotopic (exact) mass is 349 g/mol. The lowest BCUT2D eigenvalue weighted by Gasteiger charge is -2.14. The minimum atomic E-state index is -1.15. The van der Waals surface area contributed by atoms with Crippen molar-refractivity contribution in [1.82, 2.24) is 0 Å². The number of nitro groups is 1. The number of carbonyl (C=O) groups excluding carboxylic acids is 1. The van der Waals surface area contributed by atoms with Crippen molar-refractivity contribution in [1.29, 1.82) is 0 Å². The number of esters is 1. The van der Waals surface area contributed by atoms with Crippen LogP contribution in [0, 0.1) is 10.1 Å². The fraction of sp³-hybridized carbons (Fsp3) is 0.182. The quantitative estimate of drug-likeness (QED) is 0.353. The van der Waals surface area contributed by atoms with E-state index in [-0.39, 0.29) is 20.9 Å². The van der Waals surface area contributed by atoms with E-state index in [1.807, 2.05) is 0 Å². The minimum absolute atomic E-state index is 0.121. The van der Waals surface area contributed by atoms with Crippen LogP contribution >= 0.6 is 27.5 Å². The fourth-order valence-electron chi connectivity index (χ4n) is 1.23. The number of nitrogens with zero attached hydrogens (tertiary/aromatic N) is 1. The Kier molecular flexibility index (Phi) is 5.31. The molecule has 1 aromatic carbocycles. The van der Waals surface area contributed by atoms with Gasteiger partial charge in [0.2, 0.25) is 11.9 Å². The number of benzene rings is 1. The Hall–Kier alpha value is -1.60. The highest BCUT2D eigenvalue weighted by Crippen LogP contribution is 2.38. The predicted octanol–water partition coefficient (Wildman–Crippen LogP) is 3.12. The summed E-state index contributed by atoms with van der Waals surface area (Å²) in [4.78, 5) is 21.7. The maximum Gasteiger partial charge on any atom is 0.351 e. The molecule has 0 saturated carbocycles. The third kappa shape index (κ3) is 3.68. The largest absolute Gasteiger partial charge is 0.466 e. The molecular weight excluding hydrogens is 341 g/mol. The van der Waals surface area contributed by atoms with Gasteiger partial charge < -0.3 is 9.47 Å². The SMILES string of the molecule is C=CC(Oc1c(Br)cc(Cl)cc1[N+](=O)[O-])C(=O)OC. The van der Waals surface area contributed by atoms with Crippen molar-refractivity contribution in [3.63, 3.8) is 0 Å². The minimum Gasteiger partial charge on any atom is -0.466 e. The number of ether oxygens (including phenoxy) is 2. The zero-order chi connectivity index (χ0) is 14.6. The third-order valence-electron chi connectivity index (χ3n) is 2.08. The van der Waals surface area contributed by atoms with Crippen LogP contribution in [-0.4, -0.2) is 24.1 Å². The smallest absolute Gasteiger partial charge is 0.351 e. The van der Waals surface area contributed by atoms with Crippen LogP contribution in [0.3, 0.4) is 0 Å². The highest BCUT2D eigenvalue weighted by molar-refractivity contribution is 9.10. The summed E-state index contributed by atoms with van der Waals surface area (Å²) in [5, 5.41) is 11.1. The Bertz CT molecular complexity index is 534. The number of hydrogen-bond acceptors (Lipinski definition) is 5. The first-order valence-electron chi connectivity index (χ1n) is 4.91. The molecule has 1 aromatic rings. The van der Waals surface area contributed by atoms with Gasteiger partial charge in [0.15, 0.2) is 0 Å². The molecular formula is C11H9BrClNO5. The topological polar surface area (TPSA) is 78.7 Å². The van der Waals surface area contributed by atoms with Crippen LogP contribution in [0.4, 0.5) is 5.69 Å². The number of rotatable bonds is 5. The Balaban J connectivity index is 3.22. The molecule has 0 fully saturated rings. The molecule has 0 aliphatic carbocycles. The summed E-state index contributed by atoms with van der Waals surface area (Å²) in [7, 11) is 1.17. The van der Waals surface area contributed by atoms with Crippen LogP contribution < -0.4 is 4.74 Å². The van der Waals surface area contributed by atoms with Gasteiger partial charge in [-0.3, -0.25) is 10.1 Å². The summed E-state index contributed by atoms with van der Waals surface area (Å²) >= 11 is 8.82. The van der Waals surface area contributed by atoms with Crippen molar-refractivity contribution in [3.8, 4) is 5.75 Å². The van der Waals surface area contributed by atoms with Crippen molar-refractivity contribution in [2.24, 2.45) is 0 Å². The summed E-state index contributed by atoms with van der Waals surface area (Å²) in [6.07, 6.45) is 0.0255. The Morgan fingerprint density at radius 3 is 2.74 bits per heavy atom. The number of nitro benzene ring substituents is 1. The normalized spacial score (nSPS) is 11.5. The molecule has 0 saturated heterocycles. The molecule has 0 aromatic heterocycles. The molecule has 19 heavy (non-hydrogen) atoms. The summed E-state index contributed by atoms with van der Waals surface area (Å²) in [5.74, 6) is -0.837. The second-order valence-corrected chi connectivity index (χ2v) is 4.58. The average Bonchev–Trinajstić information content (AvgIpc) is 2.36. The van der Waals surface area contributed by atoms with Crippen LogP contribution in [0.1, 0.15) is 0 Å². The summed E-state index contributed by atoms with van der Waals surface area (Å²) in [6, 6.07) is 2.54. The maximum atomic E-state index is 11.4. The standard InChI is InChI=1S/C11H9BrClNO5/c1-3-9(11(15)18-2)19-10-7(12)4-6(13)5-8(10)14(16)17/h3-5,9H,1H2,2H3. The predicted molar refractivity (Wildman–Crippen MR) is 72.4 cm³/mol. The molecule has 1 rings (SSSR count). The van der Waals surface area contributed by atoms with Gasteiger partial charge in [0.1, 0.15) is 0 Å². The van der Waals surface area contributed by atoms with Crippen molar-refractivity contribution < 1.29 is 19.2 Å². The third-order valence-corrected chi connectivity index (χ3v) is 2.89. The lowest BCUT2D eigenvalue weighted by molar-refractivity contribution is -0.386. The molecule has 0 N–H and O–H groups in total. The van der Waals surface area contributed by atoms with Gasteiger partial charge in [-0.25, -0.2) is 4.79 Å². The van der Waals surface area contributed by atoms with Crippen LogP contribution in [0.2, 0.25) is 5.02 Å². The fourth-order valence-corrected chi connectivity index (χ4v) is 2.12. The highest BCUT2D eigenvalue weighted by atomic mass is 79.9. The van der Waals surface area contributed by atoms with E-state index < -0.39 is 17.0 Å². The molecule has 0 aliphatic heterocycles. The van der Waals surface area contributed by atoms with Gasteiger partial charge in [0, 0.05) is 11.1 Å². The Morgan fingerprint density at radius 2 is 2.26 bits per heavy atom. The van der Waals surface area contributed by atoms with Crippen LogP contribution in [0.5, 0.6) is 5.75 Å². The second-order valence-electron chi connectivity index (χ2n) is 3.29. The van der Waals surface area contributed by atoms with E-state index in [4.69, 9.17) is 16.3 Å². The van der Waals surface area contributed by atoms with E-state index in [1.54, 1.807) is 0 Å². The van der Waals surface area contributed by atoms with E-state index in [1.165, 1.54) is 19.3 Å². The van der Waals surface area contributed by atoms with E-state index in [0.717, 1.165) is 6.07 Å². The molecule has 6 nitrogen and oxygen atoms in total. The first kappa shape index (κ1) is 15.5. The molecule has 1 atom stereocenters. The van der Waals surface area contributed by atoms with Gasteiger partial charge >= 0.3 is 11.7 Å². The van der Waals surface area contributed by atoms with Gasteiger partial charge in [-0.15, -0.1) is 0 Å². The van der Waals surface area contributed by atoms with Crippen LogP contribution in [0.25, 0.3) is 0 Å². The van der Waals surface area contributed by atoms with E-state index in [9.17, 15) is 14.9 Å². The molecule has 0 bridgehead atoms. The first-order valence-corrected chi connectivity index (χ1v) is 6.08. The number of carbonyl (C=O) groups is 1. The molecule has 0 spiro atoms. The van der Waals surface area contributed by atoms with Crippen molar-refractivity contribution >= 4 is 39.2 Å². The Morgan fingerprint density at radius 1 is 1.63 bits per heavy atom. The average molecular weight is 351 g/mol. The molecule has 8 heteroatoms. The van der Waals surface area contributed by atoms with Gasteiger partial charge in [0.05, 0.1) is 16.5 Å².